The number of halogens is 1. The molecule has 3 aromatic rings. The number of nitrogens with one attached hydrogen (secondary N) is 1. The maximum absolute atomic E-state index is 13.2. The first-order valence-electron chi connectivity index (χ1n) is 9.26. The van der Waals surface area contributed by atoms with Crippen molar-refractivity contribution in [2.75, 3.05) is 15.6 Å². The Labute approximate surface area is 175 Å². The zero-order valence-corrected chi connectivity index (χ0v) is 17.5. The lowest BCUT2D eigenvalue weighted by Crippen LogP contribution is -2.35. The Balaban J connectivity index is 1.71. The van der Waals surface area contributed by atoms with Crippen molar-refractivity contribution in [1.29, 1.82) is 0 Å². The van der Waals surface area contributed by atoms with Crippen molar-refractivity contribution in [2.45, 2.75) is 22.6 Å². The summed E-state index contributed by atoms with van der Waals surface area (Å²) < 4.78 is 68.5. The van der Waals surface area contributed by atoms with Crippen LogP contribution in [-0.4, -0.2) is 23.4 Å². The lowest BCUT2D eigenvalue weighted by atomic mass is 10.0. The van der Waals surface area contributed by atoms with Crippen LogP contribution in [0.1, 0.15) is 12.0 Å². The third-order valence-electron chi connectivity index (χ3n) is 4.87. The van der Waals surface area contributed by atoms with Crippen molar-refractivity contribution in [3.05, 3.63) is 84.2 Å². The van der Waals surface area contributed by atoms with E-state index in [2.05, 4.69) is 4.72 Å². The van der Waals surface area contributed by atoms with E-state index in [9.17, 15) is 21.2 Å². The van der Waals surface area contributed by atoms with E-state index in [1.54, 1.807) is 30.3 Å². The molecule has 0 saturated heterocycles. The molecule has 1 N–H and O–H groups in total. The van der Waals surface area contributed by atoms with E-state index >= 15 is 0 Å². The highest BCUT2D eigenvalue weighted by Gasteiger charge is 2.29. The van der Waals surface area contributed by atoms with Gasteiger partial charge in [0.2, 0.25) is 0 Å². The van der Waals surface area contributed by atoms with Gasteiger partial charge in [0.1, 0.15) is 5.82 Å². The van der Waals surface area contributed by atoms with Gasteiger partial charge in [0, 0.05) is 6.54 Å². The normalized spacial score (nSPS) is 14.2. The van der Waals surface area contributed by atoms with Gasteiger partial charge in [0.15, 0.2) is 0 Å². The molecule has 9 heteroatoms. The molecule has 1 aliphatic heterocycles. The molecule has 0 saturated carbocycles. The van der Waals surface area contributed by atoms with Crippen LogP contribution in [0.25, 0.3) is 0 Å². The van der Waals surface area contributed by atoms with Crippen molar-refractivity contribution in [3.63, 3.8) is 0 Å². The SMILES string of the molecule is O=S(=O)(Nc1ccc2c(c1)N(S(=O)(=O)c1ccc(F)cc1)CCC2)c1ccccc1. The molecule has 1 heterocycles. The Kier molecular flexibility index (Phi) is 5.25. The van der Waals surface area contributed by atoms with E-state index in [1.807, 2.05) is 0 Å². The maximum atomic E-state index is 13.2. The molecule has 4 rings (SSSR count). The summed E-state index contributed by atoms with van der Waals surface area (Å²) in [5.41, 5.74) is 1.48. The zero-order valence-electron chi connectivity index (χ0n) is 15.8. The van der Waals surface area contributed by atoms with Gasteiger partial charge >= 0.3 is 0 Å². The fourth-order valence-corrected chi connectivity index (χ4v) is 6.01. The first-order valence-corrected chi connectivity index (χ1v) is 12.2. The van der Waals surface area contributed by atoms with Gasteiger partial charge in [0.05, 0.1) is 21.2 Å². The van der Waals surface area contributed by atoms with Crippen LogP contribution in [0.2, 0.25) is 0 Å². The average Bonchev–Trinajstić information content (AvgIpc) is 2.74. The van der Waals surface area contributed by atoms with E-state index in [0.29, 0.717) is 18.5 Å². The zero-order chi connectivity index (χ0) is 21.4. The second-order valence-corrected chi connectivity index (χ2v) is 10.4. The number of aryl methyl sites for hydroxylation is 1. The maximum Gasteiger partial charge on any atom is 0.264 e. The second kappa shape index (κ2) is 7.73. The fraction of sp³-hybridized carbons (Fsp3) is 0.143. The lowest BCUT2D eigenvalue weighted by molar-refractivity contribution is 0.585. The van der Waals surface area contributed by atoms with Crippen LogP contribution in [0.5, 0.6) is 0 Å². The van der Waals surface area contributed by atoms with E-state index in [1.165, 1.54) is 34.6 Å². The average molecular weight is 447 g/mol. The van der Waals surface area contributed by atoms with E-state index in [0.717, 1.165) is 17.7 Å². The summed E-state index contributed by atoms with van der Waals surface area (Å²) >= 11 is 0. The van der Waals surface area contributed by atoms with Crippen molar-refractivity contribution < 1.29 is 21.2 Å². The Bertz CT molecular complexity index is 1280. The minimum absolute atomic E-state index is 0.0213. The molecule has 6 nitrogen and oxygen atoms in total. The van der Waals surface area contributed by atoms with Crippen molar-refractivity contribution in [3.8, 4) is 0 Å². The van der Waals surface area contributed by atoms with Gasteiger partial charge in [-0.3, -0.25) is 9.03 Å². The molecule has 0 aliphatic carbocycles. The molecule has 0 aromatic heterocycles. The van der Waals surface area contributed by atoms with Crippen molar-refractivity contribution in [1.82, 2.24) is 0 Å². The van der Waals surface area contributed by atoms with Gasteiger partial charge < -0.3 is 0 Å². The number of rotatable bonds is 5. The molecule has 30 heavy (non-hydrogen) atoms. The summed E-state index contributed by atoms with van der Waals surface area (Å²) in [6, 6.07) is 17.4. The van der Waals surface area contributed by atoms with Gasteiger partial charge in [-0.25, -0.2) is 21.2 Å². The number of hydrogen-bond acceptors (Lipinski definition) is 4. The molecule has 0 atom stereocenters. The smallest absolute Gasteiger partial charge is 0.264 e. The highest BCUT2D eigenvalue weighted by molar-refractivity contribution is 7.93. The van der Waals surface area contributed by atoms with Crippen molar-refractivity contribution >= 4 is 31.4 Å². The standard InChI is InChI=1S/C21H19FN2O4S2/c22-17-9-12-20(13-10-17)30(27,28)24-14-4-5-16-8-11-18(15-21(16)24)23-29(25,26)19-6-2-1-3-7-19/h1-3,6-13,15,23H,4-5,14H2. The largest absolute Gasteiger partial charge is 0.280 e. The van der Waals surface area contributed by atoms with Gasteiger partial charge in [-0.2, -0.15) is 0 Å². The summed E-state index contributed by atoms with van der Waals surface area (Å²) in [5.74, 6) is -0.523. The predicted octanol–water partition coefficient (Wildman–Crippen LogP) is 3.77. The van der Waals surface area contributed by atoms with Gasteiger partial charge in [0.25, 0.3) is 20.0 Å². The molecule has 156 valence electrons. The molecule has 0 amide bonds. The summed E-state index contributed by atoms with van der Waals surface area (Å²) in [6.45, 7) is 0.252. The van der Waals surface area contributed by atoms with Crippen LogP contribution in [0, 0.1) is 5.82 Å². The van der Waals surface area contributed by atoms with Crippen LogP contribution in [0.15, 0.2) is 82.6 Å². The minimum atomic E-state index is -3.92. The summed E-state index contributed by atoms with van der Waals surface area (Å²) in [5, 5.41) is 0. The monoisotopic (exact) mass is 446 g/mol. The van der Waals surface area contributed by atoms with E-state index < -0.39 is 25.9 Å². The number of benzene rings is 3. The molecule has 0 spiro atoms. The first-order chi connectivity index (χ1) is 14.3. The van der Waals surface area contributed by atoms with Crippen molar-refractivity contribution in [2.24, 2.45) is 0 Å². The summed E-state index contributed by atoms with van der Waals surface area (Å²) in [4.78, 5) is 0.0885. The topological polar surface area (TPSA) is 83.6 Å². The van der Waals surface area contributed by atoms with E-state index in [-0.39, 0.29) is 22.0 Å². The third-order valence-corrected chi connectivity index (χ3v) is 8.09. The highest BCUT2D eigenvalue weighted by atomic mass is 32.2. The number of hydrogen-bond donors (Lipinski definition) is 1. The van der Waals surface area contributed by atoms with Crippen LogP contribution in [0.4, 0.5) is 15.8 Å². The lowest BCUT2D eigenvalue weighted by Gasteiger charge is -2.31. The fourth-order valence-electron chi connectivity index (χ4n) is 3.40. The van der Waals surface area contributed by atoms with E-state index in [4.69, 9.17) is 0 Å². The first kappa shape index (κ1) is 20.4. The molecule has 0 bridgehead atoms. The minimum Gasteiger partial charge on any atom is -0.280 e. The van der Waals surface area contributed by atoms with Gasteiger partial charge in [-0.1, -0.05) is 24.3 Å². The molecule has 0 unspecified atom stereocenters. The summed E-state index contributed by atoms with van der Waals surface area (Å²) in [7, 11) is -7.72. The molecule has 0 radical (unpaired) electrons. The van der Waals surface area contributed by atoms with Gasteiger partial charge in [-0.15, -0.1) is 0 Å². The second-order valence-electron chi connectivity index (χ2n) is 6.90. The Hall–Kier alpha value is -2.91. The molecular formula is C21H19FN2O4S2. The molecule has 1 aliphatic rings. The molecule has 0 fully saturated rings. The predicted molar refractivity (Wildman–Crippen MR) is 113 cm³/mol. The Morgan fingerprint density at radius 2 is 1.53 bits per heavy atom. The van der Waals surface area contributed by atoms with Crippen LogP contribution < -0.4 is 9.03 Å². The van der Waals surface area contributed by atoms with Crippen LogP contribution in [-0.2, 0) is 26.5 Å². The number of nitrogens with zero attached hydrogens (tertiary/aromatic N) is 1. The molecule has 3 aromatic carbocycles. The Morgan fingerprint density at radius 3 is 2.23 bits per heavy atom. The quantitative estimate of drug-likeness (QED) is 0.647. The van der Waals surface area contributed by atoms with Crippen LogP contribution in [0.3, 0.4) is 0 Å². The highest BCUT2D eigenvalue weighted by Crippen LogP contribution is 2.34. The third kappa shape index (κ3) is 3.90. The number of fused-ring (bicyclic) bond motifs is 1. The number of anilines is 2. The Morgan fingerprint density at radius 1 is 0.833 bits per heavy atom. The molecular weight excluding hydrogens is 427 g/mol. The van der Waals surface area contributed by atoms with Crippen LogP contribution >= 0.6 is 0 Å². The van der Waals surface area contributed by atoms with Gasteiger partial charge in [-0.05, 0) is 66.9 Å². The number of sulfonamides is 2. The summed E-state index contributed by atoms with van der Waals surface area (Å²) in [6.07, 6.45) is 1.30.